The van der Waals surface area contributed by atoms with E-state index in [9.17, 15) is 13.8 Å². The third-order valence-electron chi connectivity index (χ3n) is 2.07. The van der Waals surface area contributed by atoms with Crippen LogP contribution in [-0.2, 0) is 26.4 Å². The highest BCUT2D eigenvalue weighted by molar-refractivity contribution is 7.78. The molecule has 1 aromatic rings. The van der Waals surface area contributed by atoms with Crippen molar-refractivity contribution < 1.29 is 23.1 Å². The highest BCUT2D eigenvalue weighted by atomic mass is 32.2. The molecule has 0 aliphatic rings. The standard InChI is InChI=1S/C12H13NO5S/c1-2-3-12(15)18-7-11(14)9-4-5-10(13-6-9)8-19(16)17/h2-6H,7-8H2,1H3,(H,16,17). The molecule has 0 aromatic carbocycles. The van der Waals surface area contributed by atoms with Gasteiger partial charge in [0.1, 0.15) is 0 Å². The number of ketones is 1. The molecule has 0 amide bonds. The molecule has 19 heavy (non-hydrogen) atoms. The fourth-order valence-corrected chi connectivity index (χ4v) is 1.63. The molecule has 0 bridgehead atoms. The van der Waals surface area contributed by atoms with Crippen molar-refractivity contribution in [1.82, 2.24) is 4.98 Å². The van der Waals surface area contributed by atoms with Crippen LogP contribution in [0.5, 0.6) is 0 Å². The SMILES string of the molecule is CC=CC(=O)OCC(=O)c1ccc(CS(=O)O)nc1. The average Bonchev–Trinajstić information content (AvgIpc) is 2.36. The lowest BCUT2D eigenvalue weighted by Gasteiger charge is -2.02. The number of aromatic nitrogens is 1. The molecule has 7 heteroatoms. The maximum absolute atomic E-state index is 11.6. The Morgan fingerprint density at radius 3 is 2.74 bits per heavy atom. The zero-order chi connectivity index (χ0) is 14.3. The van der Waals surface area contributed by atoms with Crippen molar-refractivity contribution in [3.8, 4) is 0 Å². The first-order valence-corrected chi connectivity index (χ1v) is 6.65. The Balaban J connectivity index is 2.58. The Bertz CT molecular complexity index is 509. The smallest absolute Gasteiger partial charge is 0.330 e. The summed E-state index contributed by atoms with van der Waals surface area (Å²) in [6.07, 6.45) is 4.01. The number of carbonyl (C=O) groups is 2. The molecule has 6 nitrogen and oxygen atoms in total. The van der Waals surface area contributed by atoms with Crippen molar-refractivity contribution in [2.24, 2.45) is 0 Å². The molecule has 1 atom stereocenters. The second kappa shape index (κ2) is 7.55. The summed E-state index contributed by atoms with van der Waals surface area (Å²) >= 11 is -1.97. The Morgan fingerprint density at radius 2 is 2.21 bits per heavy atom. The molecule has 1 rings (SSSR count). The van der Waals surface area contributed by atoms with Crippen LogP contribution in [0.4, 0.5) is 0 Å². The van der Waals surface area contributed by atoms with Crippen LogP contribution >= 0.6 is 0 Å². The molecule has 1 aromatic heterocycles. The van der Waals surface area contributed by atoms with Crippen LogP contribution in [0.25, 0.3) is 0 Å². The van der Waals surface area contributed by atoms with Gasteiger partial charge in [0.25, 0.3) is 0 Å². The summed E-state index contributed by atoms with van der Waals surface area (Å²) < 4.78 is 23.9. The molecule has 0 saturated carbocycles. The molecular formula is C12H13NO5S. The highest BCUT2D eigenvalue weighted by Gasteiger charge is 2.09. The lowest BCUT2D eigenvalue weighted by Crippen LogP contribution is -2.13. The minimum absolute atomic E-state index is 0.0925. The molecule has 0 radical (unpaired) electrons. The van der Waals surface area contributed by atoms with Gasteiger partial charge in [-0.05, 0) is 19.1 Å². The third kappa shape index (κ3) is 5.54. The van der Waals surface area contributed by atoms with Gasteiger partial charge >= 0.3 is 5.97 Å². The number of pyridine rings is 1. The zero-order valence-electron chi connectivity index (χ0n) is 10.2. The van der Waals surface area contributed by atoms with Gasteiger partial charge in [0.05, 0.1) is 11.4 Å². The van der Waals surface area contributed by atoms with Crippen LogP contribution in [0.15, 0.2) is 30.5 Å². The normalized spacial score (nSPS) is 12.3. The second-order valence-corrected chi connectivity index (χ2v) is 4.47. The number of esters is 1. The molecule has 0 fully saturated rings. The van der Waals surface area contributed by atoms with E-state index < -0.39 is 17.0 Å². The van der Waals surface area contributed by atoms with E-state index in [2.05, 4.69) is 4.98 Å². The first kappa shape index (κ1) is 15.2. The van der Waals surface area contributed by atoms with Gasteiger partial charge in [-0.15, -0.1) is 0 Å². The summed E-state index contributed by atoms with van der Waals surface area (Å²) in [6.45, 7) is 1.30. The minimum atomic E-state index is -1.97. The molecule has 1 N–H and O–H groups in total. The molecule has 1 unspecified atom stereocenters. The van der Waals surface area contributed by atoms with Crippen LogP contribution in [0, 0.1) is 0 Å². The first-order chi connectivity index (χ1) is 9.02. The lowest BCUT2D eigenvalue weighted by atomic mass is 10.2. The summed E-state index contributed by atoms with van der Waals surface area (Å²) in [5.74, 6) is -1.07. The summed E-state index contributed by atoms with van der Waals surface area (Å²) in [5.41, 5.74) is 0.684. The van der Waals surface area contributed by atoms with Gasteiger partial charge in [0, 0.05) is 17.8 Å². The third-order valence-corrected chi connectivity index (χ3v) is 2.61. The van der Waals surface area contributed by atoms with E-state index in [0.29, 0.717) is 5.69 Å². The first-order valence-electron chi connectivity index (χ1n) is 5.38. The number of Topliss-reactive ketones (excluding diaryl/α,β-unsaturated/α-hetero) is 1. The van der Waals surface area contributed by atoms with Gasteiger partial charge in [0.2, 0.25) is 5.78 Å². The number of ether oxygens (including phenoxy) is 1. The summed E-state index contributed by atoms with van der Waals surface area (Å²) in [6, 6.07) is 2.95. The quantitative estimate of drug-likeness (QED) is 0.364. The van der Waals surface area contributed by atoms with Gasteiger partial charge in [-0.2, -0.15) is 0 Å². The average molecular weight is 283 g/mol. The van der Waals surface area contributed by atoms with Crippen LogP contribution in [0.3, 0.4) is 0 Å². The van der Waals surface area contributed by atoms with E-state index in [0.717, 1.165) is 0 Å². The van der Waals surface area contributed by atoms with Crippen LogP contribution in [0.2, 0.25) is 0 Å². The van der Waals surface area contributed by atoms with E-state index in [1.54, 1.807) is 6.92 Å². The fourth-order valence-electron chi connectivity index (χ4n) is 1.21. The Kier molecular flexibility index (Phi) is 6.04. The largest absolute Gasteiger partial charge is 0.454 e. The van der Waals surface area contributed by atoms with Crippen molar-refractivity contribution >= 4 is 22.8 Å². The van der Waals surface area contributed by atoms with Crippen LogP contribution in [-0.4, -0.2) is 32.1 Å². The van der Waals surface area contributed by atoms with Crippen molar-refractivity contribution in [1.29, 1.82) is 0 Å². The highest BCUT2D eigenvalue weighted by Crippen LogP contribution is 2.04. The summed E-state index contributed by atoms with van der Waals surface area (Å²) in [7, 11) is 0. The van der Waals surface area contributed by atoms with Crippen molar-refractivity contribution in [2.75, 3.05) is 6.61 Å². The minimum Gasteiger partial charge on any atom is -0.454 e. The van der Waals surface area contributed by atoms with Gasteiger partial charge in [-0.3, -0.25) is 9.78 Å². The summed E-state index contributed by atoms with van der Waals surface area (Å²) in [5, 5.41) is 0. The Hall–Kier alpha value is -1.86. The van der Waals surface area contributed by atoms with Gasteiger partial charge < -0.3 is 9.29 Å². The van der Waals surface area contributed by atoms with Gasteiger partial charge in [-0.25, -0.2) is 9.00 Å². The zero-order valence-corrected chi connectivity index (χ0v) is 11.1. The van der Waals surface area contributed by atoms with E-state index in [-0.39, 0.29) is 23.7 Å². The van der Waals surface area contributed by atoms with E-state index >= 15 is 0 Å². The number of carbonyl (C=O) groups excluding carboxylic acids is 2. The number of rotatable bonds is 6. The second-order valence-electron chi connectivity index (χ2n) is 3.53. The Labute approximate surface area is 112 Å². The predicted octanol–water partition coefficient (Wildman–Crippen LogP) is 1.11. The molecule has 1 heterocycles. The number of hydrogen-bond donors (Lipinski definition) is 1. The van der Waals surface area contributed by atoms with Crippen molar-refractivity contribution in [3.63, 3.8) is 0 Å². The maximum atomic E-state index is 11.6. The summed E-state index contributed by atoms with van der Waals surface area (Å²) in [4.78, 5) is 26.5. The Morgan fingerprint density at radius 1 is 1.47 bits per heavy atom. The van der Waals surface area contributed by atoms with E-state index in [1.165, 1.54) is 30.5 Å². The molecule has 0 saturated heterocycles. The molecule has 0 aliphatic heterocycles. The van der Waals surface area contributed by atoms with Gasteiger partial charge in [-0.1, -0.05) is 6.08 Å². The lowest BCUT2D eigenvalue weighted by molar-refractivity contribution is -0.136. The maximum Gasteiger partial charge on any atom is 0.330 e. The molecular weight excluding hydrogens is 270 g/mol. The fraction of sp³-hybridized carbons (Fsp3) is 0.250. The molecule has 0 spiro atoms. The molecule has 102 valence electrons. The number of nitrogens with zero attached hydrogens (tertiary/aromatic N) is 1. The number of hydrogen-bond acceptors (Lipinski definition) is 5. The van der Waals surface area contributed by atoms with E-state index in [1.807, 2.05) is 0 Å². The van der Waals surface area contributed by atoms with Crippen LogP contribution < -0.4 is 0 Å². The predicted molar refractivity (Wildman–Crippen MR) is 68.8 cm³/mol. The molecule has 0 aliphatic carbocycles. The van der Waals surface area contributed by atoms with Gasteiger partial charge in [0.15, 0.2) is 17.7 Å². The van der Waals surface area contributed by atoms with Crippen LogP contribution in [0.1, 0.15) is 23.0 Å². The number of allylic oxidation sites excluding steroid dienone is 1. The van der Waals surface area contributed by atoms with Crippen molar-refractivity contribution in [2.45, 2.75) is 12.7 Å². The van der Waals surface area contributed by atoms with Crippen molar-refractivity contribution in [3.05, 3.63) is 41.7 Å². The topological polar surface area (TPSA) is 93.6 Å². The monoisotopic (exact) mass is 283 g/mol. The van der Waals surface area contributed by atoms with E-state index in [4.69, 9.17) is 9.29 Å².